The van der Waals surface area contributed by atoms with Crippen molar-refractivity contribution in [2.45, 2.75) is 13.0 Å². The predicted octanol–water partition coefficient (Wildman–Crippen LogP) is 3.31. The molecule has 3 nitrogen and oxygen atoms in total. The molecule has 0 bridgehead atoms. The maximum Gasteiger partial charge on any atom is 0.0995 e. The van der Waals surface area contributed by atoms with Gasteiger partial charge in [0, 0.05) is 6.04 Å². The van der Waals surface area contributed by atoms with Crippen LogP contribution in [0, 0.1) is 0 Å². The minimum atomic E-state index is -0.0756. The highest BCUT2D eigenvalue weighted by Crippen LogP contribution is 2.30. The Morgan fingerprint density at radius 3 is 2.94 bits per heavy atom. The molecule has 2 N–H and O–H groups in total. The van der Waals surface area contributed by atoms with Gasteiger partial charge in [-0.15, -0.1) is 0 Å². The minimum absolute atomic E-state index is 0.0756. The van der Waals surface area contributed by atoms with Gasteiger partial charge in [0.1, 0.15) is 0 Å². The second kappa shape index (κ2) is 4.57. The Kier molecular flexibility index (Phi) is 3.33. The maximum atomic E-state index is 6.05. The first-order chi connectivity index (χ1) is 7.61. The van der Waals surface area contributed by atoms with Crippen molar-refractivity contribution >= 4 is 27.5 Å². The standard InChI is InChI=1S/C11H11BrClN3/c1-7(14)10-5-15-6-16(10)9-4-2-3-8(13)11(9)12/h2-7H,14H2,1H3. The molecular weight excluding hydrogens is 289 g/mol. The van der Waals surface area contributed by atoms with Crippen LogP contribution in [0.15, 0.2) is 35.2 Å². The quantitative estimate of drug-likeness (QED) is 0.924. The summed E-state index contributed by atoms with van der Waals surface area (Å²) in [5.41, 5.74) is 7.76. The summed E-state index contributed by atoms with van der Waals surface area (Å²) < 4.78 is 2.78. The molecule has 1 atom stereocenters. The number of benzene rings is 1. The molecular formula is C11H11BrClN3. The summed E-state index contributed by atoms with van der Waals surface area (Å²) in [6.45, 7) is 1.92. The molecule has 0 fully saturated rings. The summed E-state index contributed by atoms with van der Waals surface area (Å²) in [5, 5.41) is 0.668. The van der Waals surface area contributed by atoms with E-state index in [1.165, 1.54) is 0 Å². The first kappa shape index (κ1) is 11.6. The van der Waals surface area contributed by atoms with Gasteiger partial charge in [0.2, 0.25) is 0 Å². The predicted molar refractivity (Wildman–Crippen MR) is 68.9 cm³/mol. The maximum absolute atomic E-state index is 6.05. The third kappa shape index (κ3) is 2.00. The van der Waals surface area contributed by atoms with E-state index in [-0.39, 0.29) is 6.04 Å². The molecule has 0 aliphatic heterocycles. The van der Waals surface area contributed by atoms with Crippen LogP contribution in [0.3, 0.4) is 0 Å². The molecule has 0 saturated carbocycles. The van der Waals surface area contributed by atoms with Crippen LogP contribution in [0.1, 0.15) is 18.7 Å². The zero-order chi connectivity index (χ0) is 11.7. The van der Waals surface area contributed by atoms with Crippen molar-refractivity contribution in [2.75, 3.05) is 0 Å². The lowest BCUT2D eigenvalue weighted by molar-refractivity contribution is 0.751. The van der Waals surface area contributed by atoms with Gasteiger partial charge >= 0.3 is 0 Å². The molecule has 0 aliphatic rings. The van der Waals surface area contributed by atoms with Crippen LogP contribution < -0.4 is 5.73 Å². The smallest absolute Gasteiger partial charge is 0.0995 e. The zero-order valence-electron chi connectivity index (χ0n) is 8.69. The van der Waals surface area contributed by atoms with E-state index in [0.717, 1.165) is 15.9 Å². The van der Waals surface area contributed by atoms with Gasteiger partial charge in [0.05, 0.1) is 33.4 Å². The third-order valence-electron chi connectivity index (χ3n) is 2.32. The van der Waals surface area contributed by atoms with Crippen LogP contribution in [0.25, 0.3) is 5.69 Å². The average molecular weight is 301 g/mol. The van der Waals surface area contributed by atoms with Gasteiger partial charge in [-0.25, -0.2) is 4.98 Å². The van der Waals surface area contributed by atoms with Crippen LogP contribution in [0.4, 0.5) is 0 Å². The first-order valence-electron chi connectivity index (χ1n) is 4.83. The van der Waals surface area contributed by atoms with Gasteiger partial charge in [-0.1, -0.05) is 17.7 Å². The third-order valence-corrected chi connectivity index (χ3v) is 3.70. The fraction of sp³-hybridized carbons (Fsp3) is 0.182. The Labute approximate surface area is 107 Å². The lowest BCUT2D eigenvalue weighted by Gasteiger charge is -2.12. The minimum Gasteiger partial charge on any atom is -0.323 e. The second-order valence-corrected chi connectivity index (χ2v) is 4.75. The van der Waals surface area contributed by atoms with E-state index in [0.29, 0.717) is 5.02 Å². The fourth-order valence-electron chi connectivity index (χ4n) is 1.52. The lowest BCUT2D eigenvalue weighted by atomic mass is 10.2. The average Bonchev–Trinajstić information content (AvgIpc) is 2.70. The van der Waals surface area contributed by atoms with Crippen LogP contribution in [0.2, 0.25) is 5.02 Å². The summed E-state index contributed by atoms with van der Waals surface area (Å²) >= 11 is 9.51. The number of imidazole rings is 1. The van der Waals surface area contributed by atoms with Gasteiger partial charge < -0.3 is 10.3 Å². The summed E-state index contributed by atoms with van der Waals surface area (Å²) in [7, 11) is 0. The topological polar surface area (TPSA) is 43.8 Å². The summed E-state index contributed by atoms with van der Waals surface area (Å²) in [5.74, 6) is 0. The van der Waals surface area contributed by atoms with Crippen molar-refractivity contribution in [3.63, 3.8) is 0 Å². The molecule has 5 heteroatoms. The van der Waals surface area contributed by atoms with E-state index >= 15 is 0 Å². The number of nitrogens with two attached hydrogens (primary N) is 1. The highest BCUT2D eigenvalue weighted by atomic mass is 79.9. The van der Waals surface area contributed by atoms with Gasteiger partial charge in [-0.2, -0.15) is 0 Å². The molecule has 2 rings (SSSR count). The molecule has 1 aromatic heterocycles. The number of hydrogen-bond acceptors (Lipinski definition) is 2. The van der Waals surface area contributed by atoms with Crippen molar-refractivity contribution in [1.82, 2.24) is 9.55 Å². The molecule has 84 valence electrons. The second-order valence-electron chi connectivity index (χ2n) is 3.55. The molecule has 0 amide bonds. The van der Waals surface area contributed by atoms with Gasteiger partial charge in [-0.05, 0) is 35.0 Å². The fourth-order valence-corrected chi connectivity index (χ4v) is 2.15. The normalized spacial score (nSPS) is 12.8. The number of aromatic nitrogens is 2. The van der Waals surface area contributed by atoms with Crippen molar-refractivity contribution in [1.29, 1.82) is 0 Å². The molecule has 0 aliphatic carbocycles. The van der Waals surface area contributed by atoms with Crippen molar-refractivity contribution < 1.29 is 0 Å². The summed E-state index contributed by atoms with van der Waals surface area (Å²) in [6.07, 6.45) is 3.49. The van der Waals surface area contributed by atoms with E-state index < -0.39 is 0 Å². The van der Waals surface area contributed by atoms with Crippen LogP contribution >= 0.6 is 27.5 Å². The molecule has 1 heterocycles. The Balaban J connectivity index is 2.59. The van der Waals surface area contributed by atoms with Gasteiger partial charge in [-0.3, -0.25) is 0 Å². The molecule has 2 aromatic rings. The highest BCUT2D eigenvalue weighted by molar-refractivity contribution is 9.10. The Hall–Kier alpha value is -0.840. The first-order valence-corrected chi connectivity index (χ1v) is 6.00. The molecule has 1 aromatic carbocycles. The monoisotopic (exact) mass is 299 g/mol. The lowest BCUT2D eigenvalue weighted by Crippen LogP contribution is -2.10. The van der Waals surface area contributed by atoms with Crippen LogP contribution in [-0.4, -0.2) is 9.55 Å². The number of nitrogens with zero attached hydrogens (tertiary/aromatic N) is 2. The Morgan fingerprint density at radius 2 is 2.25 bits per heavy atom. The van der Waals surface area contributed by atoms with Gasteiger partial charge in [0.15, 0.2) is 0 Å². The summed E-state index contributed by atoms with van der Waals surface area (Å²) in [4.78, 5) is 4.11. The molecule has 0 spiro atoms. The summed E-state index contributed by atoms with van der Waals surface area (Å²) in [6, 6.07) is 5.61. The van der Waals surface area contributed by atoms with Crippen molar-refractivity contribution in [3.05, 3.63) is 45.9 Å². The van der Waals surface area contributed by atoms with E-state index in [2.05, 4.69) is 20.9 Å². The van der Waals surface area contributed by atoms with Crippen LogP contribution in [0.5, 0.6) is 0 Å². The number of rotatable bonds is 2. The molecule has 1 unspecified atom stereocenters. The molecule has 0 saturated heterocycles. The zero-order valence-corrected chi connectivity index (χ0v) is 11.0. The van der Waals surface area contributed by atoms with E-state index in [1.807, 2.05) is 29.7 Å². The Morgan fingerprint density at radius 1 is 1.50 bits per heavy atom. The van der Waals surface area contributed by atoms with E-state index in [1.54, 1.807) is 12.5 Å². The Bertz CT molecular complexity index is 508. The van der Waals surface area contributed by atoms with Crippen molar-refractivity contribution in [2.24, 2.45) is 5.73 Å². The van der Waals surface area contributed by atoms with Crippen molar-refractivity contribution in [3.8, 4) is 5.69 Å². The van der Waals surface area contributed by atoms with Gasteiger partial charge in [0.25, 0.3) is 0 Å². The van der Waals surface area contributed by atoms with E-state index in [4.69, 9.17) is 17.3 Å². The number of hydrogen-bond donors (Lipinski definition) is 1. The highest BCUT2D eigenvalue weighted by Gasteiger charge is 2.11. The SMILES string of the molecule is CC(N)c1cncn1-c1cccc(Cl)c1Br. The molecule has 0 radical (unpaired) electrons. The number of halogens is 2. The molecule has 16 heavy (non-hydrogen) atoms. The van der Waals surface area contributed by atoms with Crippen LogP contribution in [-0.2, 0) is 0 Å². The largest absolute Gasteiger partial charge is 0.323 e. The van der Waals surface area contributed by atoms with E-state index in [9.17, 15) is 0 Å².